The van der Waals surface area contributed by atoms with Crippen LogP contribution < -0.4 is 10.1 Å². The van der Waals surface area contributed by atoms with Gasteiger partial charge >= 0.3 is 5.97 Å². The van der Waals surface area contributed by atoms with Crippen LogP contribution in [0.4, 0.5) is 0 Å². The van der Waals surface area contributed by atoms with Crippen molar-refractivity contribution in [2.75, 3.05) is 13.1 Å². The van der Waals surface area contributed by atoms with E-state index in [2.05, 4.69) is 10.3 Å². The van der Waals surface area contributed by atoms with Crippen LogP contribution in [0.5, 0.6) is 5.88 Å². The normalized spacial score (nSPS) is 27.0. The first kappa shape index (κ1) is 22.2. The summed E-state index contributed by atoms with van der Waals surface area (Å²) in [5, 5.41) is 11.5. The second kappa shape index (κ2) is 9.67. The third-order valence-electron chi connectivity index (χ3n) is 6.87. The van der Waals surface area contributed by atoms with Crippen LogP contribution in [0.3, 0.4) is 0 Å². The van der Waals surface area contributed by atoms with Crippen molar-refractivity contribution in [3.8, 4) is 5.88 Å². The molecule has 2 saturated heterocycles. The highest BCUT2D eigenvalue weighted by Gasteiger charge is 2.34. The van der Waals surface area contributed by atoms with Gasteiger partial charge in [-0.3, -0.25) is 24.5 Å². The number of carboxylic acid groups (broad SMARTS) is 1. The first-order chi connectivity index (χ1) is 15.4. The van der Waals surface area contributed by atoms with Crippen molar-refractivity contribution in [3.63, 3.8) is 0 Å². The van der Waals surface area contributed by atoms with Crippen LogP contribution in [0, 0.1) is 11.8 Å². The largest absolute Gasteiger partial charge is 0.481 e. The average Bonchev–Trinajstić information content (AvgIpc) is 2.80. The maximum Gasteiger partial charge on any atom is 0.306 e. The molecule has 0 spiro atoms. The Bertz CT molecular complexity index is 870. The fraction of sp³-hybridized carbons (Fsp3) is 0.609. The number of hydrogen-bond acceptors (Lipinski definition) is 6. The highest BCUT2D eigenvalue weighted by atomic mass is 16.5. The number of ether oxygens (including phenoxy) is 1. The lowest BCUT2D eigenvalue weighted by molar-refractivity contribution is -0.146. The molecular formula is C23H29N3O6. The number of nitrogens with zero attached hydrogens (tertiary/aromatic N) is 2. The molecule has 1 aromatic rings. The van der Waals surface area contributed by atoms with Gasteiger partial charge in [-0.25, -0.2) is 4.98 Å². The van der Waals surface area contributed by atoms with Crippen molar-refractivity contribution in [2.24, 2.45) is 11.8 Å². The van der Waals surface area contributed by atoms with Gasteiger partial charge in [-0.1, -0.05) is 6.07 Å². The highest BCUT2D eigenvalue weighted by Crippen LogP contribution is 2.31. The fourth-order valence-corrected chi connectivity index (χ4v) is 4.89. The topological polar surface area (TPSA) is 126 Å². The predicted molar refractivity (Wildman–Crippen MR) is 113 cm³/mol. The van der Waals surface area contributed by atoms with Crippen LogP contribution >= 0.6 is 0 Å². The first-order valence-corrected chi connectivity index (χ1v) is 11.4. The van der Waals surface area contributed by atoms with E-state index >= 15 is 0 Å². The van der Waals surface area contributed by atoms with E-state index in [-0.39, 0.29) is 41.6 Å². The maximum atomic E-state index is 12.8. The molecule has 2 N–H and O–H groups in total. The van der Waals surface area contributed by atoms with Crippen LogP contribution in [0.15, 0.2) is 18.3 Å². The van der Waals surface area contributed by atoms with Crippen molar-refractivity contribution in [1.82, 2.24) is 15.2 Å². The van der Waals surface area contributed by atoms with Crippen molar-refractivity contribution >= 4 is 23.7 Å². The third-order valence-corrected chi connectivity index (χ3v) is 6.87. The molecular weight excluding hydrogens is 414 g/mol. The Labute approximate surface area is 186 Å². The number of amides is 3. The number of imide groups is 1. The monoisotopic (exact) mass is 443 g/mol. The van der Waals surface area contributed by atoms with Gasteiger partial charge in [-0.05, 0) is 37.7 Å². The molecule has 9 nitrogen and oxygen atoms in total. The zero-order valence-corrected chi connectivity index (χ0v) is 18.0. The molecule has 3 amide bonds. The van der Waals surface area contributed by atoms with E-state index in [9.17, 15) is 19.2 Å². The summed E-state index contributed by atoms with van der Waals surface area (Å²) in [4.78, 5) is 53.4. The number of nitrogens with one attached hydrogen (secondary N) is 1. The smallest absolute Gasteiger partial charge is 0.306 e. The number of piperidine rings is 2. The summed E-state index contributed by atoms with van der Waals surface area (Å²) < 4.78 is 5.99. The van der Waals surface area contributed by atoms with Gasteiger partial charge in [0.2, 0.25) is 23.6 Å². The average molecular weight is 444 g/mol. The molecule has 1 unspecified atom stereocenters. The van der Waals surface area contributed by atoms with Crippen LogP contribution in [0.1, 0.15) is 62.8 Å². The minimum atomic E-state index is -0.757. The highest BCUT2D eigenvalue weighted by molar-refractivity contribution is 6.00. The summed E-state index contributed by atoms with van der Waals surface area (Å²) in [6.07, 6.45) is 6.28. The number of pyridine rings is 1. The predicted octanol–water partition coefficient (Wildman–Crippen LogP) is 1.86. The Morgan fingerprint density at radius 3 is 2.28 bits per heavy atom. The molecule has 1 aromatic heterocycles. The zero-order valence-electron chi connectivity index (χ0n) is 18.0. The van der Waals surface area contributed by atoms with Crippen molar-refractivity contribution in [2.45, 2.75) is 63.4 Å². The molecule has 4 rings (SSSR count). The molecule has 3 heterocycles. The van der Waals surface area contributed by atoms with Crippen molar-refractivity contribution < 1.29 is 29.0 Å². The van der Waals surface area contributed by atoms with Gasteiger partial charge in [0.15, 0.2) is 0 Å². The van der Waals surface area contributed by atoms with Crippen LogP contribution in [0.25, 0.3) is 0 Å². The number of carboxylic acids is 1. The van der Waals surface area contributed by atoms with Crippen LogP contribution in [-0.2, 0) is 19.2 Å². The van der Waals surface area contributed by atoms with Crippen molar-refractivity contribution in [3.05, 3.63) is 23.9 Å². The Balaban J connectivity index is 1.24. The molecule has 2 aliphatic heterocycles. The van der Waals surface area contributed by atoms with Gasteiger partial charge in [0.05, 0.1) is 11.8 Å². The summed E-state index contributed by atoms with van der Waals surface area (Å²) in [5.41, 5.74) is 0.764. The first-order valence-electron chi connectivity index (χ1n) is 11.4. The fourth-order valence-electron chi connectivity index (χ4n) is 4.89. The molecule has 3 fully saturated rings. The van der Waals surface area contributed by atoms with Gasteiger partial charge in [-0.15, -0.1) is 0 Å². The molecule has 0 radical (unpaired) electrons. The number of aliphatic carboxylic acids is 1. The Hall–Kier alpha value is -2.97. The number of aromatic nitrogens is 1. The number of likely N-dealkylation sites (tertiary alicyclic amines) is 1. The molecule has 32 heavy (non-hydrogen) atoms. The summed E-state index contributed by atoms with van der Waals surface area (Å²) in [7, 11) is 0. The van der Waals surface area contributed by atoms with Gasteiger partial charge in [0.25, 0.3) is 0 Å². The molecule has 9 heteroatoms. The molecule has 1 atom stereocenters. The van der Waals surface area contributed by atoms with E-state index in [1.807, 2.05) is 11.0 Å². The minimum Gasteiger partial charge on any atom is -0.481 e. The SMILES string of the molecule is O=C1CCC(c2ccc(OC3CCN(C(=O)[C@H]4CC[C@H](C(=O)O)CC4)CC3)nc2)C(=O)N1. The molecule has 1 saturated carbocycles. The van der Waals surface area contributed by atoms with Gasteiger partial charge in [-0.2, -0.15) is 0 Å². The summed E-state index contributed by atoms with van der Waals surface area (Å²) in [6.45, 7) is 1.24. The van der Waals surface area contributed by atoms with Crippen molar-refractivity contribution in [1.29, 1.82) is 0 Å². The molecule has 3 aliphatic rings. The number of carbonyl (C=O) groups excluding carboxylic acids is 3. The summed E-state index contributed by atoms with van der Waals surface area (Å²) >= 11 is 0. The lowest BCUT2D eigenvalue weighted by Gasteiger charge is -2.35. The maximum absolute atomic E-state index is 12.8. The van der Waals surface area contributed by atoms with E-state index < -0.39 is 5.97 Å². The summed E-state index contributed by atoms with van der Waals surface area (Å²) in [6, 6.07) is 3.56. The molecule has 1 aliphatic carbocycles. The summed E-state index contributed by atoms with van der Waals surface area (Å²) in [5.74, 6) is -1.41. The zero-order chi connectivity index (χ0) is 22.7. The third kappa shape index (κ3) is 5.08. The second-order valence-corrected chi connectivity index (χ2v) is 8.96. The van der Waals surface area contributed by atoms with Gasteiger partial charge in [0.1, 0.15) is 6.10 Å². The van der Waals surface area contributed by atoms with Gasteiger partial charge in [0, 0.05) is 50.5 Å². The molecule has 0 bridgehead atoms. The molecule has 0 aromatic carbocycles. The lowest BCUT2D eigenvalue weighted by atomic mass is 9.81. The van der Waals surface area contributed by atoms with E-state index in [0.29, 0.717) is 70.3 Å². The van der Waals surface area contributed by atoms with Gasteiger partial charge < -0.3 is 14.7 Å². The minimum absolute atomic E-state index is 0.0317. The Kier molecular flexibility index (Phi) is 6.72. The van der Waals surface area contributed by atoms with Crippen LogP contribution in [-0.4, -0.2) is 57.9 Å². The Morgan fingerprint density at radius 2 is 1.69 bits per heavy atom. The number of rotatable bonds is 5. The van der Waals surface area contributed by atoms with Crippen LogP contribution in [0.2, 0.25) is 0 Å². The second-order valence-electron chi connectivity index (χ2n) is 8.96. The quantitative estimate of drug-likeness (QED) is 0.665. The Morgan fingerprint density at radius 1 is 1.00 bits per heavy atom. The van der Waals surface area contributed by atoms with E-state index in [1.54, 1.807) is 12.3 Å². The number of hydrogen-bond donors (Lipinski definition) is 2. The lowest BCUT2D eigenvalue weighted by Crippen LogP contribution is -2.45. The number of carbonyl (C=O) groups is 4. The molecule has 172 valence electrons. The standard InChI is InChI=1S/C23H29N3O6/c27-19-7-6-18(21(28)25-19)16-5-8-20(24-13-16)32-17-9-11-26(12-10-17)22(29)14-1-3-15(4-2-14)23(30)31/h5,8,13-15,17-18H,1-4,6-7,9-12H2,(H,30,31)(H,25,27,28)/t14-,15-,18?. The van der Waals surface area contributed by atoms with E-state index in [0.717, 1.165) is 5.56 Å². The van der Waals surface area contributed by atoms with E-state index in [4.69, 9.17) is 9.84 Å². The van der Waals surface area contributed by atoms with E-state index in [1.165, 1.54) is 0 Å².